The Kier molecular flexibility index (Phi) is 4.28. The number of rotatable bonds is 3. The van der Waals surface area contributed by atoms with Gasteiger partial charge < -0.3 is 14.9 Å². The summed E-state index contributed by atoms with van der Waals surface area (Å²) in [6, 6.07) is 0. The van der Waals surface area contributed by atoms with Crippen LogP contribution in [0.4, 0.5) is 0 Å². The Bertz CT molecular complexity index is 175. The zero-order chi connectivity index (χ0) is 10.7. The molecule has 0 amide bonds. The molecule has 2 N–H and O–H groups in total. The molecular formula is C9H18O5. The van der Waals surface area contributed by atoms with E-state index in [4.69, 9.17) is 4.74 Å². The first kappa shape index (κ1) is 11.9. The van der Waals surface area contributed by atoms with Crippen LogP contribution in [0.3, 0.4) is 0 Å². The van der Waals surface area contributed by atoms with Crippen LogP contribution in [0.2, 0.25) is 0 Å². The highest BCUT2D eigenvalue weighted by Crippen LogP contribution is 2.25. The highest BCUT2D eigenvalue weighted by atomic mass is 17.2. The number of hydrogen-bond acceptors (Lipinski definition) is 5. The summed E-state index contributed by atoms with van der Waals surface area (Å²) in [5.74, 6) is -0.0798. The lowest BCUT2D eigenvalue weighted by Crippen LogP contribution is -2.54. The molecule has 1 rings (SSSR count). The van der Waals surface area contributed by atoms with Crippen LogP contribution in [-0.4, -0.2) is 48.3 Å². The minimum absolute atomic E-state index is 0.0798. The van der Waals surface area contributed by atoms with Crippen LogP contribution >= 0.6 is 0 Å². The monoisotopic (exact) mass is 206 g/mol. The summed E-state index contributed by atoms with van der Waals surface area (Å²) in [6.45, 7) is 3.82. The third kappa shape index (κ3) is 2.43. The second kappa shape index (κ2) is 5.04. The first-order valence-electron chi connectivity index (χ1n) is 4.75. The molecule has 1 aliphatic heterocycles. The smallest absolute Gasteiger partial charge is 0.113 e. The van der Waals surface area contributed by atoms with Gasteiger partial charge >= 0.3 is 0 Å². The lowest BCUT2D eigenvalue weighted by atomic mass is 9.89. The molecule has 14 heavy (non-hydrogen) atoms. The van der Waals surface area contributed by atoms with Gasteiger partial charge in [0.2, 0.25) is 0 Å². The zero-order valence-corrected chi connectivity index (χ0v) is 8.71. The summed E-state index contributed by atoms with van der Waals surface area (Å²) in [4.78, 5) is 9.10. The number of hydrogen-bond donors (Lipinski definition) is 2. The second-order valence-electron chi connectivity index (χ2n) is 3.67. The van der Waals surface area contributed by atoms with Gasteiger partial charge in [0.1, 0.15) is 18.8 Å². The van der Waals surface area contributed by atoms with Gasteiger partial charge in [-0.1, -0.05) is 6.92 Å². The Morgan fingerprint density at radius 1 is 1.21 bits per heavy atom. The van der Waals surface area contributed by atoms with E-state index in [9.17, 15) is 10.2 Å². The minimum atomic E-state index is -0.920. The average molecular weight is 206 g/mol. The van der Waals surface area contributed by atoms with Crippen LogP contribution in [0, 0.1) is 5.92 Å². The Morgan fingerprint density at radius 2 is 1.86 bits per heavy atom. The molecule has 0 bridgehead atoms. The van der Waals surface area contributed by atoms with E-state index in [1.807, 2.05) is 13.8 Å². The van der Waals surface area contributed by atoms with Crippen LogP contribution in [0.15, 0.2) is 0 Å². The van der Waals surface area contributed by atoms with E-state index in [1.165, 1.54) is 7.11 Å². The average Bonchev–Trinajstić information content (AvgIpc) is 2.18. The van der Waals surface area contributed by atoms with Crippen molar-refractivity contribution in [1.29, 1.82) is 0 Å². The van der Waals surface area contributed by atoms with Gasteiger partial charge in [-0.25, -0.2) is 9.78 Å². The van der Waals surface area contributed by atoms with Gasteiger partial charge in [0.15, 0.2) is 0 Å². The molecule has 3 unspecified atom stereocenters. The predicted molar refractivity (Wildman–Crippen MR) is 48.5 cm³/mol. The Balaban J connectivity index is 2.52. The SMILES string of the molecule is COOCC1O[C@@H](C)[C@H](C)C(O)C1O. The molecule has 0 aliphatic carbocycles. The van der Waals surface area contributed by atoms with Crippen molar-refractivity contribution in [2.45, 2.75) is 38.3 Å². The van der Waals surface area contributed by atoms with Gasteiger partial charge in [-0.05, 0) is 6.92 Å². The fraction of sp³-hybridized carbons (Fsp3) is 1.00. The van der Waals surface area contributed by atoms with Gasteiger partial charge in [-0.15, -0.1) is 0 Å². The molecule has 1 aliphatic rings. The van der Waals surface area contributed by atoms with Crippen molar-refractivity contribution in [3.05, 3.63) is 0 Å². The standard InChI is InChI=1S/C9H18O5/c1-5-6(2)14-7(4-13-12-3)9(11)8(5)10/h5-11H,4H2,1-3H3/t5-,6-,7?,8?,9?/m0/s1. The van der Waals surface area contributed by atoms with Crippen molar-refractivity contribution in [2.24, 2.45) is 5.92 Å². The highest BCUT2D eigenvalue weighted by molar-refractivity contribution is 4.88. The largest absolute Gasteiger partial charge is 0.390 e. The zero-order valence-electron chi connectivity index (χ0n) is 8.71. The molecule has 0 spiro atoms. The lowest BCUT2D eigenvalue weighted by molar-refractivity contribution is -0.308. The number of aliphatic hydroxyl groups is 2. The number of aliphatic hydroxyl groups excluding tert-OH is 2. The van der Waals surface area contributed by atoms with Crippen molar-refractivity contribution >= 4 is 0 Å². The molecular weight excluding hydrogens is 188 g/mol. The van der Waals surface area contributed by atoms with Crippen molar-refractivity contribution in [2.75, 3.05) is 13.7 Å². The number of ether oxygens (including phenoxy) is 1. The molecule has 0 aromatic carbocycles. The van der Waals surface area contributed by atoms with Crippen LogP contribution in [0.5, 0.6) is 0 Å². The fourth-order valence-electron chi connectivity index (χ4n) is 1.56. The Hall–Kier alpha value is -0.200. The molecule has 0 aromatic heterocycles. The molecule has 1 saturated heterocycles. The quantitative estimate of drug-likeness (QED) is 0.490. The van der Waals surface area contributed by atoms with Crippen LogP contribution in [0.25, 0.3) is 0 Å². The van der Waals surface area contributed by atoms with Gasteiger partial charge in [0.25, 0.3) is 0 Å². The van der Waals surface area contributed by atoms with Crippen molar-refractivity contribution < 1.29 is 24.7 Å². The van der Waals surface area contributed by atoms with Gasteiger partial charge in [-0.3, -0.25) is 0 Å². The van der Waals surface area contributed by atoms with Gasteiger partial charge in [0, 0.05) is 5.92 Å². The molecule has 5 heteroatoms. The topological polar surface area (TPSA) is 68.2 Å². The van der Waals surface area contributed by atoms with Crippen LogP contribution in [0.1, 0.15) is 13.8 Å². The maximum Gasteiger partial charge on any atom is 0.113 e. The normalized spacial score (nSPS) is 43.9. The van der Waals surface area contributed by atoms with E-state index in [1.54, 1.807) is 0 Å². The molecule has 1 heterocycles. The third-order valence-electron chi connectivity index (χ3n) is 2.75. The summed E-state index contributed by atoms with van der Waals surface area (Å²) < 4.78 is 5.47. The summed E-state index contributed by atoms with van der Waals surface area (Å²) in [6.07, 6.45) is -2.32. The molecule has 5 atom stereocenters. The molecule has 84 valence electrons. The fourth-order valence-corrected chi connectivity index (χ4v) is 1.56. The minimum Gasteiger partial charge on any atom is -0.390 e. The molecule has 0 saturated carbocycles. The van der Waals surface area contributed by atoms with E-state index in [0.717, 1.165) is 0 Å². The summed E-state index contributed by atoms with van der Waals surface area (Å²) in [5.41, 5.74) is 0. The maximum atomic E-state index is 9.66. The van der Waals surface area contributed by atoms with E-state index in [-0.39, 0.29) is 18.6 Å². The van der Waals surface area contributed by atoms with Crippen LogP contribution < -0.4 is 0 Å². The Labute approximate surface area is 83.5 Å². The second-order valence-corrected chi connectivity index (χ2v) is 3.67. The van der Waals surface area contributed by atoms with Crippen molar-refractivity contribution in [3.8, 4) is 0 Å². The van der Waals surface area contributed by atoms with E-state index < -0.39 is 18.3 Å². The maximum absolute atomic E-state index is 9.66. The molecule has 5 nitrogen and oxygen atoms in total. The van der Waals surface area contributed by atoms with E-state index in [2.05, 4.69) is 9.78 Å². The highest BCUT2D eigenvalue weighted by Gasteiger charge is 2.40. The predicted octanol–water partition coefficient (Wildman–Crippen LogP) is -0.290. The molecule has 1 fully saturated rings. The van der Waals surface area contributed by atoms with Crippen LogP contribution in [-0.2, 0) is 14.5 Å². The van der Waals surface area contributed by atoms with Crippen molar-refractivity contribution in [1.82, 2.24) is 0 Å². The summed E-state index contributed by atoms with van der Waals surface area (Å²) >= 11 is 0. The summed E-state index contributed by atoms with van der Waals surface area (Å²) in [7, 11) is 1.39. The lowest BCUT2D eigenvalue weighted by Gasteiger charge is -2.39. The van der Waals surface area contributed by atoms with Gasteiger partial charge in [-0.2, -0.15) is 0 Å². The Morgan fingerprint density at radius 3 is 2.43 bits per heavy atom. The third-order valence-corrected chi connectivity index (χ3v) is 2.75. The van der Waals surface area contributed by atoms with Crippen molar-refractivity contribution in [3.63, 3.8) is 0 Å². The summed E-state index contributed by atoms with van der Waals surface area (Å²) in [5, 5.41) is 19.3. The van der Waals surface area contributed by atoms with Gasteiger partial charge in [0.05, 0.1) is 19.3 Å². The van der Waals surface area contributed by atoms with E-state index >= 15 is 0 Å². The first-order chi connectivity index (χ1) is 6.57. The molecule has 0 aromatic rings. The first-order valence-corrected chi connectivity index (χ1v) is 4.75. The molecule has 0 radical (unpaired) electrons. The van der Waals surface area contributed by atoms with E-state index in [0.29, 0.717) is 0 Å².